The SMILES string of the molecule is CC(C)(CC1CO1)OC(=O)C1C(C(=O)OC(C)(C)CC2CO2)C(C(=O)OC(C)(C)CC2CO2)C1C(=O)OC(C)(C)CC1CO1. The van der Waals surface area contributed by atoms with E-state index in [1.165, 1.54) is 0 Å². The zero-order valence-corrected chi connectivity index (χ0v) is 27.2. The standard InChI is InChI=1S/C32H48O12/c1-29(2,9-17-13-37-17)41-25(33)21-22(26(34)42-30(3,4)10-18-14-38-18)24(28(36)44-32(7,8)12-20-16-40-20)23(21)27(35)43-31(5,6)11-19-15-39-19/h17-24H,9-16H2,1-8H3. The Hall–Kier alpha value is -2.28. The Kier molecular flexibility index (Phi) is 8.89. The van der Waals surface area contributed by atoms with Crippen LogP contribution >= 0.6 is 0 Å². The van der Waals surface area contributed by atoms with Gasteiger partial charge >= 0.3 is 23.9 Å². The fourth-order valence-electron chi connectivity index (χ4n) is 6.39. The first-order chi connectivity index (χ1) is 20.3. The maximum Gasteiger partial charge on any atom is 0.311 e. The van der Waals surface area contributed by atoms with Crippen LogP contribution < -0.4 is 0 Å². The van der Waals surface area contributed by atoms with Crippen LogP contribution in [0.1, 0.15) is 81.1 Å². The van der Waals surface area contributed by atoms with Crippen LogP contribution in [0.15, 0.2) is 0 Å². The van der Waals surface area contributed by atoms with Gasteiger partial charge in [-0.2, -0.15) is 0 Å². The van der Waals surface area contributed by atoms with E-state index in [1.54, 1.807) is 55.4 Å². The van der Waals surface area contributed by atoms with Gasteiger partial charge in [-0.05, 0) is 55.4 Å². The minimum absolute atomic E-state index is 0.0306. The average molecular weight is 625 g/mol. The molecule has 1 saturated carbocycles. The van der Waals surface area contributed by atoms with Gasteiger partial charge in [0.1, 0.15) is 22.4 Å². The molecule has 4 aliphatic heterocycles. The van der Waals surface area contributed by atoms with Gasteiger partial charge in [-0.25, -0.2) is 0 Å². The zero-order valence-electron chi connectivity index (χ0n) is 27.2. The summed E-state index contributed by atoms with van der Waals surface area (Å²) in [6.45, 7) is 16.3. The van der Waals surface area contributed by atoms with Crippen molar-refractivity contribution in [1.29, 1.82) is 0 Å². The lowest BCUT2D eigenvalue weighted by Gasteiger charge is -2.48. The lowest BCUT2D eigenvalue weighted by molar-refractivity contribution is -0.215. The Morgan fingerprint density at radius 1 is 0.432 bits per heavy atom. The second-order valence-corrected chi connectivity index (χ2v) is 15.5. The van der Waals surface area contributed by atoms with Gasteiger partial charge in [0.25, 0.3) is 0 Å². The molecule has 44 heavy (non-hydrogen) atoms. The third-order valence-electron chi connectivity index (χ3n) is 8.63. The summed E-state index contributed by atoms with van der Waals surface area (Å²) in [5.41, 5.74) is -3.76. The number of rotatable bonds is 16. The summed E-state index contributed by atoms with van der Waals surface area (Å²) >= 11 is 0. The Bertz CT molecular complexity index is 942. The molecule has 1 aliphatic carbocycles. The molecule has 0 radical (unpaired) electrons. The van der Waals surface area contributed by atoms with Gasteiger partial charge in [0.15, 0.2) is 0 Å². The Morgan fingerprint density at radius 3 is 0.727 bits per heavy atom. The molecule has 5 aliphatic rings. The molecule has 12 heteroatoms. The van der Waals surface area contributed by atoms with E-state index < -0.39 is 70.0 Å². The van der Waals surface area contributed by atoms with Gasteiger partial charge in [-0.3, -0.25) is 19.2 Å². The Balaban J connectivity index is 1.42. The first-order valence-electron chi connectivity index (χ1n) is 15.7. The highest BCUT2D eigenvalue weighted by Gasteiger charge is 2.67. The molecule has 0 aromatic heterocycles. The summed E-state index contributed by atoms with van der Waals surface area (Å²) in [5, 5.41) is 0. The second-order valence-electron chi connectivity index (χ2n) is 15.5. The van der Waals surface area contributed by atoms with Crippen LogP contribution in [0.3, 0.4) is 0 Å². The summed E-state index contributed by atoms with van der Waals surface area (Å²) in [7, 11) is 0. The van der Waals surface area contributed by atoms with E-state index in [2.05, 4.69) is 0 Å². The average Bonchev–Trinajstić information content (AvgIpc) is 3.63. The lowest BCUT2D eigenvalue weighted by Crippen LogP contribution is -2.63. The summed E-state index contributed by atoms with van der Waals surface area (Å²) in [5.74, 6) is -8.38. The minimum Gasteiger partial charge on any atom is -0.459 e. The number of hydrogen-bond acceptors (Lipinski definition) is 12. The molecule has 4 heterocycles. The van der Waals surface area contributed by atoms with E-state index in [4.69, 9.17) is 37.9 Å². The molecule has 4 atom stereocenters. The zero-order chi connectivity index (χ0) is 32.2. The van der Waals surface area contributed by atoms with E-state index in [0.717, 1.165) is 0 Å². The van der Waals surface area contributed by atoms with E-state index in [1.807, 2.05) is 0 Å². The van der Waals surface area contributed by atoms with Crippen molar-refractivity contribution in [3.8, 4) is 0 Å². The third kappa shape index (κ3) is 8.92. The fourth-order valence-corrected chi connectivity index (χ4v) is 6.39. The first kappa shape index (κ1) is 33.1. The van der Waals surface area contributed by atoms with Crippen LogP contribution in [0, 0.1) is 23.7 Å². The maximum absolute atomic E-state index is 13.9. The lowest BCUT2D eigenvalue weighted by atomic mass is 9.56. The molecule has 248 valence electrons. The number of hydrogen-bond donors (Lipinski definition) is 0. The van der Waals surface area contributed by atoms with E-state index in [-0.39, 0.29) is 24.4 Å². The molecule has 0 amide bonds. The molecule has 4 saturated heterocycles. The topological polar surface area (TPSA) is 155 Å². The van der Waals surface area contributed by atoms with Crippen LogP contribution in [0.2, 0.25) is 0 Å². The maximum atomic E-state index is 13.9. The predicted molar refractivity (Wildman–Crippen MR) is 152 cm³/mol. The van der Waals surface area contributed by atoms with Crippen molar-refractivity contribution < 1.29 is 57.1 Å². The molecule has 0 spiro atoms. The van der Waals surface area contributed by atoms with Crippen LogP contribution in [0.4, 0.5) is 0 Å². The Morgan fingerprint density at radius 2 is 0.591 bits per heavy atom. The third-order valence-corrected chi connectivity index (χ3v) is 8.63. The smallest absolute Gasteiger partial charge is 0.311 e. The number of carbonyl (C=O) groups is 4. The van der Waals surface area contributed by atoms with Gasteiger partial charge in [0, 0.05) is 25.7 Å². The van der Waals surface area contributed by atoms with Gasteiger partial charge in [0.05, 0.1) is 74.5 Å². The van der Waals surface area contributed by atoms with Crippen LogP contribution in [-0.2, 0) is 57.1 Å². The molecular weight excluding hydrogens is 576 g/mol. The van der Waals surface area contributed by atoms with E-state index in [9.17, 15) is 19.2 Å². The van der Waals surface area contributed by atoms with Crippen molar-refractivity contribution in [2.24, 2.45) is 23.7 Å². The molecule has 5 fully saturated rings. The van der Waals surface area contributed by atoms with E-state index >= 15 is 0 Å². The highest BCUT2D eigenvalue weighted by molar-refractivity contribution is 5.98. The number of ether oxygens (including phenoxy) is 8. The minimum atomic E-state index is -1.32. The van der Waals surface area contributed by atoms with Crippen molar-refractivity contribution in [2.75, 3.05) is 26.4 Å². The molecule has 0 aromatic carbocycles. The van der Waals surface area contributed by atoms with Gasteiger partial charge in [-0.15, -0.1) is 0 Å². The van der Waals surface area contributed by atoms with Gasteiger partial charge < -0.3 is 37.9 Å². The van der Waals surface area contributed by atoms with Crippen LogP contribution in [0.25, 0.3) is 0 Å². The quantitative estimate of drug-likeness (QED) is 0.141. The molecule has 0 aromatic rings. The molecule has 12 nitrogen and oxygen atoms in total. The van der Waals surface area contributed by atoms with Gasteiger partial charge in [-0.1, -0.05) is 0 Å². The molecule has 5 rings (SSSR count). The number of carbonyl (C=O) groups excluding carboxylic acids is 4. The number of epoxide rings is 4. The van der Waals surface area contributed by atoms with Crippen molar-refractivity contribution in [3.05, 3.63) is 0 Å². The van der Waals surface area contributed by atoms with Crippen molar-refractivity contribution in [2.45, 2.75) is 128 Å². The van der Waals surface area contributed by atoms with Crippen molar-refractivity contribution in [1.82, 2.24) is 0 Å². The summed E-state index contributed by atoms with van der Waals surface area (Å²) in [4.78, 5) is 55.6. The Labute approximate surface area is 259 Å². The molecule has 0 N–H and O–H groups in total. The molecule has 0 bridgehead atoms. The molecular formula is C32H48O12. The van der Waals surface area contributed by atoms with Crippen molar-refractivity contribution in [3.63, 3.8) is 0 Å². The second kappa shape index (κ2) is 11.8. The highest BCUT2D eigenvalue weighted by Crippen LogP contribution is 2.51. The van der Waals surface area contributed by atoms with Crippen LogP contribution in [0.5, 0.6) is 0 Å². The number of esters is 4. The summed E-state index contributed by atoms with van der Waals surface area (Å²) in [6, 6.07) is 0. The van der Waals surface area contributed by atoms with Crippen molar-refractivity contribution >= 4 is 23.9 Å². The predicted octanol–water partition coefficient (Wildman–Crippen LogP) is 2.91. The van der Waals surface area contributed by atoms with Crippen LogP contribution in [-0.4, -0.2) is 97.1 Å². The largest absolute Gasteiger partial charge is 0.459 e. The monoisotopic (exact) mass is 624 g/mol. The summed E-state index contributed by atoms with van der Waals surface area (Å²) < 4.78 is 44.9. The molecule has 4 unspecified atom stereocenters. The summed E-state index contributed by atoms with van der Waals surface area (Å²) in [6.07, 6.45) is 1.66. The normalized spacial score (nSPS) is 32.5. The fraction of sp³-hybridized carbons (Fsp3) is 0.875. The highest BCUT2D eigenvalue weighted by atomic mass is 16.6. The van der Waals surface area contributed by atoms with E-state index in [0.29, 0.717) is 52.1 Å². The van der Waals surface area contributed by atoms with Gasteiger partial charge in [0.2, 0.25) is 0 Å². The first-order valence-corrected chi connectivity index (χ1v) is 15.7.